The first-order chi connectivity index (χ1) is 13.5. The van der Waals surface area contributed by atoms with Gasteiger partial charge in [0.15, 0.2) is 0 Å². The standard InChI is InChI=1S/C21H22N4O3/c22-20(27)16(15-7-2-1-3-8-15)12-14-24-13-6-11-19(26)25-18-10-5-4-9-17(18)21(23)28/h1-5,7-10,12,16H,6,11,13H2,(H2,22,27)(H2,23,28)(H,25,26). The van der Waals surface area contributed by atoms with Crippen LogP contribution in [0.15, 0.2) is 65.7 Å². The maximum absolute atomic E-state index is 12.0. The summed E-state index contributed by atoms with van der Waals surface area (Å²) in [6.45, 7) is 0.363. The number of hydrogen-bond donors (Lipinski definition) is 3. The highest BCUT2D eigenvalue weighted by atomic mass is 16.2. The fourth-order valence-corrected chi connectivity index (χ4v) is 2.53. The number of hydrogen-bond acceptors (Lipinski definition) is 4. The van der Waals surface area contributed by atoms with Gasteiger partial charge in [0.25, 0.3) is 5.91 Å². The van der Waals surface area contributed by atoms with Gasteiger partial charge in [-0.3, -0.25) is 14.4 Å². The summed E-state index contributed by atoms with van der Waals surface area (Å²) in [6, 6.07) is 15.7. The van der Waals surface area contributed by atoms with E-state index in [1.807, 2.05) is 30.3 Å². The summed E-state index contributed by atoms with van der Waals surface area (Å²) in [5.41, 5.74) is 12.1. The second-order valence-electron chi connectivity index (χ2n) is 6.03. The van der Waals surface area contributed by atoms with Gasteiger partial charge in [-0.05, 0) is 36.1 Å². The van der Waals surface area contributed by atoms with Crippen LogP contribution in [0.2, 0.25) is 0 Å². The number of carbonyl (C=O) groups is 3. The second kappa shape index (κ2) is 10.4. The lowest BCUT2D eigenvalue weighted by Gasteiger charge is -2.08. The molecule has 3 amide bonds. The van der Waals surface area contributed by atoms with E-state index in [9.17, 15) is 14.4 Å². The van der Waals surface area contributed by atoms with Crippen molar-refractivity contribution in [2.45, 2.75) is 18.8 Å². The van der Waals surface area contributed by atoms with E-state index in [2.05, 4.69) is 16.2 Å². The highest BCUT2D eigenvalue weighted by molar-refractivity contribution is 6.02. The molecule has 0 aliphatic rings. The molecule has 0 radical (unpaired) electrons. The molecule has 0 aromatic heterocycles. The summed E-state index contributed by atoms with van der Waals surface area (Å²) in [6.07, 6.45) is 2.22. The Labute approximate surface area is 163 Å². The Morgan fingerprint density at radius 2 is 1.71 bits per heavy atom. The first kappa shape index (κ1) is 20.6. The lowest BCUT2D eigenvalue weighted by Crippen LogP contribution is -2.19. The molecule has 0 saturated heterocycles. The summed E-state index contributed by atoms with van der Waals surface area (Å²) >= 11 is 0. The minimum Gasteiger partial charge on any atom is -0.369 e. The average molecular weight is 378 g/mol. The lowest BCUT2D eigenvalue weighted by molar-refractivity contribution is -0.118. The first-order valence-electron chi connectivity index (χ1n) is 8.77. The number of para-hydroxylation sites is 1. The van der Waals surface area contributed by atoms with Gasteiger partial charge >= 0.3 is 0 Å². The second-order valence-corrected chi connectivity index (χ2v) is 6.03. The van der Waals surface area contributed by atoms with E-state index in [1.165, 1.54) is 6.08 Å². The monoisotopic (exact) mass is 378 g/mol. The van der Waals surface area contributed by atoms with E-state index >= 15 is 0 Å². The molecule has 1 unspecified atom stereocenters. The van der Waals surface area contributed by atoms with Crippen molar-refractivity contribution in [3.8, 4) is 0 Å². The number of anilines is 1. The summed E-state index contributed by atoms with van der Waals surface area (Å²) in [5.74, 6) is 0.789. The van der Waals surface area contributed by atoms with Gasteiger partial charge in [0.1, 0.15) is 0 Å². The van der Waals surface area contributed by atoms with Crippen molar-refractivity contribution < 1.29 is 14.4 Å². The fourth-order valence-electron chi connectivity index (χ4n) is 2.53. The van der Waals surface area contributed by atoms with Crippen LogP contribution in [0.3, 0.4) is 0 Å². The van der Waals surface area contributed by atoms with Gasteiger partial charge in [-0.2, -0.15) is 0 Å². The van der Waals surface area contributed by atoms with Gasteiger partial charge in [0.2, 0.25) is 11.8 Å². The van der Waals surface area contributed by atoms with Crippen molar-refractivity contribution >= 4 is 29.3 Å². The van der Waals surface area contributed by atoms with E-state index in [0.717, 1.165) is 5.56 Å². The molecule has 1 atom stereocenters. The van der Waals surface area contributed by atoms with Crippen molar-refractivity contribution in [3.05, 3.63) is 71.8 Å². The summed E-state index contributed by atoms with van der Waals surface area (Å²) in [7, 11) is 0. The zero-order valence-corrected chi connectivity index (χ0v) is 15.3. The van der Waals surface area contributed by atoms with E-state index in [-0.39, 0.29) is 17.9 Å². The SMILES string of the molecule is NC(=O)c1ccccc1NC(=O)CCCN=C=CC(C(N)=O)c1ccccc1. The maximum Gasteiger partial charge on any atom is 0.250 e. The predicted molar refractivity (Wildman–Crippen MR) is 108 cm³/mol. The zero-order valence-electron chi connectivity index (χ0n) is 15.3. The number of nitrogens with zero attached hydrogens (tertiary/aromatic N) is 1. The third-order valence-electron chi connectivity index (χ3n) is 3.94. The number of amides is 3. The molecular weight excluding hydrogens is 356 g/mol. The van der Waals surface area contributed by atoms with Crippen molar-refractivity contribution in [3.63, 3.8) is 0 Å². The summed E-state index contributed by atoms with van der Waals surface area (Å²) in [4.78, 5) is 39.0. The van der Waals surface area contributed by atoms with E-state index < -0.39 is 17.7 Å². The Hall–Kier alpha value is -3.70. The van der Waals surface area contributed by atoms with Crippen LogP contribution in [0.1, 0.15) is 34.7 Å². The zero-order chi connectivity index (χ0) is 20.4. The maximum atomic E-state index is 12.0. The number of nitrogens with one attached hydrogen (secondary N) is 1. The highest BCUT2D eigenvalue weighted by Crippen LogP contribution is 2.16. The van der Waals surface area contributed by atoms with Crippen LogP contribution in [-0.4, -0.2) is 30.1 Å². The van der Waals surface area contributed by atoms with Crippen LogP contribution in [0.5, 0.6) is 0 Å². The van der Waals surface area contributed by atoms with Crippen LogP contribution in [-0.2, 0) is 9.59 Å². The van der Waals surface area contributed by atoms with Gasteiger partial charge in [0.05, 0.1) is 17.2 Å². The van der Waals surface area contributed by atoms with Crippen LogP contribution < -0.4 is 16.8 Å². The third-order valence-corrected chi connectivity index (χ3v) is 3.94. The van der Waals surface area contributed by atoms with Gasteiger partial charge in [-0.15, -0.1) is 0 Å². The van der Waals surface area contributed by atoms with Crippen LogP contribution >= 0.6 is 0 Å². The fraction of sp³-hybridized carbons (Fsp3) is 0.190. The molecule has 0 bridgehead atoms. The van der Waals surface area contributed by atoms with Gasteiger partial charge in [-0.25, -0.2) is 4.99 Å². The van der Waals surface area contributed by atoms with Gasteiger partial charge in [0, 0.05) is 13.0 Å². The minimum atomic E-state index is -0.604. The molecule has 7 heteroatoms. The molecule has 0 aliphatic heterocycles. The molecule has 0 aliphatic carbocycles. The Morgan fingerprint density at radius 3 is 2.39 bits per heavy atom. The average Bonchev–Trinajstić information content (AvgIpc) is 2.68. The summed E-state index contributed by atoms with van der Waals surface area (Å²) in [5, 5.41) is 2.67. The van der Waals surface area contributed by atoms with Crippen molar-refractivity contribution in [1.29, 1.82) is 0 Å². The van der Waals surface area contributed by atoms with Crippen LogP contribution in [0, 0.1) is 0 Å². The van der Waals surface area contributed by atoms with E-state index in [4.69, 9.17) is 11.5 Å². The van der Waals surface area contributed by atoms with Crippen molar-refractivity contribution in [1.82, 2.24) is 0 Å². The number of aliphatic imine (C=N–C) groups is 1. The predicted octanol–water partition coefficient (Wildman–Crippen LogP) is 2.00. The van der Waals surface area contributed by atoms with Crippen molar-refractivity contribution in [2.24, 2.45) is 16.5 Å². The molecule has 0 fully saturated rings. The highest BCUT2D eigenvalue weighted by Gasteiger charge is 2.13. The third kappa shape index (κ3) is 6.23. The van der Waals surface area contributed by atoms with Crippen molar-refractivity contribution in [2.75, 3.05) is 11.9 Å². The quantitative estimate of drug-likeness (QED) is 0.456. The van der Waals surface area contributed by atoms with Crippen LogP contribution in [0.4, 0.5) is 5.69 Å². The van der Waals surface area contributed by atoms with E-state index in [1.54, 1.807) is 24.3 Å². The Kier molecular flexibility index (Phi) is 7.69. The number of benzene rings is 2. The number of rotatable bonds is 9. The molecule has 144 valence electrons. The lowest BCUT2D eigenvalue weighted by atomic mass is 9.99. The number of primary amides is 2. The summed E-state index contributed by atoms with van der Waals surface area (Å²) < 4.78 is 0. The van der Waals surface area contributed by atoms with Crippen LogP contribution in [0.25, 0.3) is 0 Å². The Morgan fingerprint density at radius 1 is 1.04 bits per heavy atom. The topological polar surface area (TPSA) is 128 Å². The molecule has 0 heterocycles. The minimum absolute atomic E-state index is 0.218. The van der Waals surface area contributed by atoms with Gasteiger partial charge in [-0.1, -0.05) is 42.5 Å². The molecule has 0 saturated carbocycles. The Balaban J connectivity index is 1.85. The number of carbonyl (C=O) groups excluding carboxylic acids is 3. The Bertz CT molecular complexity index is 903. The first-order valence-corrected chi connectivity index (χ1v) is 8.77. The molecular formula is C21H22N4O3. The smallest absolute Gasteiger partial charge is 0.250 e. The molecule has 5 N–H and O–H groups in total. The number of nitrogens with two attached hydrogens (primary N) is 2. The molecule has 2 aromatic carbocycles. The van der Waals surface area contributed by atoms with E-state index in [0.29, 0.717) is 18.7 Å². The largest absolute Gasteiger partial charge is 0.369 e. The molecule has 2 aromatic rings. The molecule has 2 rings (SSSR count). The van der Waals surface area contributed by atoms with Gasteiger partial charge < -0.3 is 16.8 Å². The molecule has 0 spiro atoms. The normalized spacial score (nSPS) is 11.0. The molecule has 7 nitrogen and oxygen atoms in total. The molecule has 28 heavy (non-hydrogen) atoms.